The summed E-state index contributed by atoms with van der Waals surface area (Å²) >= 11 is 0. The summed E-state index contributed by atoms with van der Waals surface area (Å²) in [5, 5.41) is 9.23. The lowest BCUT2D eigenvalue weighted by Gasteiger charge is -2.22. The van der Waals surface area contributed by atoms with Crippen molar-refractivity contribution in [3.63, 3.8) is 0 Å². The SMILES string of the molecule is Cc1ccccc1[C@H](C)CC(=O)N1CC[C@](C)(C(=O)O)C1. The second-order valence-electron chi connectivity index (χ2n) is 6.39. The van der Waals surface area contributed by atoms with Crippen molar-refractivity contribution in [1.29, 1.82) is 0 Å². The van der Waals surface area contributed by atoms with E-state index in [-0.39, 0.29) is 11.8 Å². The highest BCUT2D eigenvalue weighted by atomic mass is 16.4. The molecule has 21 heavy (non-hydrogen) atoms. The maximum atomic E-state index is 12.4. The largest absolute Gasteiger partial charge is 0.481 e. The van der Waals surface area contributed by atoms with E-state index in [0.717, 1.165) is 0 Å². The molecule has 0 saturated carbocycles. The van der Waals surface area contributed by atoms with Crippen molar-refractivity contribution >= 4 is 11.9 Å². The lowest BCUT2D eigenvalue weighted by Crippen LogP contribution is -2.35. The van der Waals surface area contributed by atoms with Crippen LogP contribution < -0.4 is 0 Å². The molecule has 0 bridgehead atoms. The van der Waals surface area contributed by atoms with Crippen molar-refractivity contribution in [3.8, 4) is 0 Å². The Morgan fingerprint density at radius 1 is 1.38 bits per heavy atom. The Bertz CT molecular complexity index is 555. The Morgan fingerprint density at radius 3 is 2.62 bits per heavy atom. The number of carbonyl (C=O) groups is 2. The first kappa shape index (κ1) is 15.5. The zero-order valence-corrected chi connectivity index (χ0v) is 12.9. The first-order valence-corrected chi connectivity index (χ1v) is 7.40. The highest BCUT2D eigenvalue weighted by molar-refractivity contribution is 5.81. The number of aliphatic carboxylic acids is 1. The summed E-state index contributed by atoms with van der Waals surface area (Å²) in [5.41, 5.74) is 1.59. The van der Waals surface area contributed by atoms with E-state index in [0.29, 0.717) is 25.9 Å². The predicted octanol–water partition coefficient (Wildman–Crippen LogP) is 2.81. The highest BCUT2D eigenvalue weighted by Gasteiger charge is 2.42. The molecule has 0 spiro atoms. The van der Waals surface area contributed by atoms with Crippen LogP contribution in [0.2, 0.25) is 0 Å². The molecule has 0 unspecified atom stereocenters. The molecule has 2 atom stereocenters. The second kappa shape index (κ2) is 5.88. The predicted molar refractivity (Wildman–Crippen MR) is 81.2 cm³/mol. The topological polar surface area (TPSA) is 57.6 Å². The third kappa shape index (κ3) is 3.26. The molecule has 1 aromatic carbocycles. The monoisotopic (exact) mass is 289 g/mol. The summed E-state index contributed by atoms with van der Waals surface area (Å²) in [5.74, 6) is -0.615. The minimum Gasteiger partial charge on any atom is -0.481 e. The first-order valence-electron chi connectivity index (χ1n) is 7.40. The van der Waals surface area contributed by atoms with Gasteiger partial charge < -0.3 is 10.0 Å². The number of carboxylic acid groups (broad SMARTS) is 1. The van der Waals surface area contributed by atoms with E-state index in [1.54, 1.807) is 11.8 Å². The third-order valence-corrected chi connectivity index (χ3v) is 4.54. The van der Waals surface area contributed by atoms with Gasteiger partial charge in [-0.15, -0.1) is 0 Å². The molecule has 1 aliphatic heterocycles. The van der Waals surface area contributed by atoms with Crippen LogP contribution in [0.5, 0.6) is 0 Å². The fourth-order valence-corrected chi connectivity index (χ4v) is 2.99. The Kier molecular flexibility index (Phi) is 4.35. The molecule has 0 aliphatic carbocycles. The van der Waals surface area contributed by atoms with Gasteiger partial charge >= 0.3 is 5.97 Å². The number of nitrogens with zero attached hydrogens (tertiary/aromatic N) is 1. The van der Waals surface area contributed by atoms with Crippen LogP contribution in [0.4, 0.5) is 0 Å². The number of hydrogen-bond donors (Lipinski definition) is 1. The van der Waals surface area contributed by atoms with Crippen LogP contribution in [0.3, 0.4) is 0 Å². The summed E-state index contributed by atoms with van der Waals surface area (Å²) in [6.07, 6.45) is 0.966. The first-order chi connectivity index (χ1) is 9.83. The fourth-order valence-electron chi connectivity index (χ4n) is 2.99. The molecule has 114 valence electrons. The molecule has 1 N–H and O–H groups in total. The molecule has 4 nitrogen and oxygen atoms in total. The van der Waals surface area contributed by atoms with Gasteiger partial charge in [0.2, 0.25) is 5.91 Å². The Morgan fingerprint density at radius 2 is 2.05 bits per heavy atom. The quantitative estimate of drug-likeness (QED) is 0.927. The van der Waals surface area contributed by atoms with Gasteiger partial charge in [0.1, 0.15) is 0 Å². The Labute approximate surface area is 125 Å². The molecular weight excluding hydrogens is 266 g/mol. The van der Waals surface area contributed by atoms with E-state index in [9.17, 15) is 14.7 Å². The number of carboxylic acids is 1. The molecule has 1 aromatic rings. The molecule has 1 saturated heterocycles. The number of amides is 1. The zero-order valence-electron chi connectivity index (χ0n) is 12.9. The van der Waals surface area contributed by atoms with Gasteiger partial charge in [-0.25, -0.2) is 0 Å². The summed E-state index contributed by atoms with van der Waals surface area (Å²) < 4.78 is 0. The van der Waals surface area contributed by atoms with E-state index in [1.165, 1.54) is 11.1 Å². The van der Waals surface area contributed by atoms with Gasteiger partial charge in [0.25, 0.3) is 0 Å². The lowest BCUT2D eigenvalue weighted by atomic mass is 9.90. The van der Waals surface area contributed by atoms with Gasteiger partial charge in [0.15, 0.2) is 0 Å². The van der Waals surface area contributed by atoms with Crippen LogP contribution in [0, 0.1) is 12.3 Å². The van der Waals surface area contributed by atoms with Gasteiger partial charge in [-0.2, -0.15) is 0 Å². The minimum atomic E-state index is -0.815. The van der Waals surface area contributed by atoms with E-state index in [1.807, 2.05) is 32.0 Å². The van der Waals surface area contributed by atoms with Gasteiger partial charge in [-0.1, -0.05) is 31.2 Å². The number of carbonyl (C=O) groups excluding carboxylic acids is 1. The highest BCUT2D eigenvalue weighted by Crippen LogP contribution is 2.32. The Balaban J connectivity index is 2.00. The summed E-state index contributed by atoms with van der Waals surface area (Å²) in [7, 11) is 0. The normalized spacial score (nSPS) is 23.1. The summed E-state index contributed by atoms with van der Waals surface area (Å²) in [6.45, 7) is 6.68. The minimum absolute atomic E-state index is 0.0516. The standard InChI is InChI=1S/C17H23NO3/c1-12-6-4-5-7-14(12)13(2)10-15(19)18-9-8-17(3,11-18)16(20)21/h4-7,13H,8-11H2,1-3H3,(H,20,21)/t13-,17+/m1/s1. The average molecular weight is 289 g/mol. The van der Waals surface area contributed by atoms with Crippen molar-refractivity contribution in [1.82, 2.24) is 4.90 Å². The van der Waals surface area contributed by atoms with Gasteiger partial charge in [-0.3, -0.25) is 9.59 Å². The van der Waals surface area contributed by atoms with Crippen LogP contribution in [0.1, 0.15) is 43.7 Å². The van der Waals surface area contributed by atoms with Gasteiger partial charge in [-0.05, 0) is 37.3 Å². The van der Waals surface area contributed by atoms with Crippen molar-refractivity contribution in [2.75, 3.05) is 13.1 Å². The summed E-state index contributed by atoms with van der Waals surface area (Å²) in [6, 6.07) is 8.08. The van der Waals surface area contributed by atoms with Crippen molar-refractivity contribution < 1.29 is 14.7 Å². The Hall–Kier alpha value is -1.84. The smallest absolute Gasteiger partial charge is 0.311 e. The molecule has 1 amide bonds. The van der Waals surface area contributed by atoms with E-state index < -0.39 is 11.4 Å². The number of aryl methyl sites for hydroxylation is 1. The number of hydrogen-bond acceptors (Lipinski definition) is 2. The maximum Gasteiger partial charge on any atom is 0.311 e. The lowest BCUT2D eigenvalue weighted by molar-refractivity contribution is -0.147. The second-order valence-corrected chi connectivity index (χ2v) is 6.39. The molecule has 0 aromatic heterocycles. The van der Waals surface area contributed by atoms with Crippen LogP contribution in [-0.2, 0) is 9.59 Å². The van der Waals surface area contributed by atoms with Gasteiger partial charge in [0, 0.05) is 19.5 Å². The van der Waals surface area contributed by atoms with Crippen molar-refractivity contribution in [3.05, 3.63) is 35.4 Å². The van der Waals surface area contributed by atoms with Crippen LogP contribution in [0.25, 0.3) is 0 Å². The molecule has 1 heterocycles. The number of benzene rings is 1. The van der Waals surface area contributed by atoms with Crippen LogP contribution >= 0.6 is 0 Å². The number of likely N-dealkylation sites (tertiary alicyclic amines) is 1. The van der Waals surface area contributed by atoms with Crippen LogP contribution in [-0.4, -0.2) is 35.0 Å². The van der Waals surface area contributed by atoms with Crippen LogP contribution in [0.15, 0.2) is 24.3 Å². The fraction of sp³-hybridized carbons (Fsp3) is 0.529. The van der Waals surface area contributed by atoms with Gasteiger partial charge in [0.05, 0.1) is 5.41 Å². The van der Waals surface area contributed by atoms with Crippen molar-refractivity contribution in [2.24, 2.45) is 5.41 Å². The molecule has 1 aliphatic rings. The maximum absolute atomic E-state index is 12.4. The summed E-state index contributed by atoms with van der Waals surface area (Å²) in [4.78, 5) is 25.3. The van der Waals surface area contributed by atoms with E-state index >= 15 is 0 Å². The average Bonchev–Trinajstić information content (AvgIpc) is 2.83. The van der Waals surface area contributed by atoms with E-state index in [2.05, 4.69) is 6.07 Å². The molecule has 1 fully saturated rings. The van der Waals surface area contributed by atoms with Crippen molar-refractivity contribution in [2.45, 2.75) is 39.5 Å². The molecule has 4 heteroatoms. The number of rotatable bonds is 4. The van der Waals surface area contributed by atoms with E-state index in [4.69, 9.17) is 0 Å². The zero-order chi connectivity index (χ0) is 15.6. The third-order valence-electron chi connectivity index (χ3n) is 4.54. The molecule has 2 rings (SSSR count). The molecular formula is C17H23NO3. The molecule has 0 radical (unpaired) electrons.